The Morgan fingerprint density at radius 2 is 1.00 bits per heavy atom. The molecule has 0 saturated heterocycles. The molecule has 0 aromatic carbocycles. The second kappa shape index (κ2) is 13.0. The van der Waals surface area contributed by atoms with Gasteiger partial charge in [0.15, 0.2) is 0 Å². The van der Waals surface area contributed by atoms with Crippen LogP contribution in [0.3, 0.4) is 0 Å². The molecule has 0 N–H and O–H groups in total. The third-order valence-corrected chi connectivity index (χ3v) is 4.42. The highest BCUT2D eigenvalue weighted by Gasteiger charge is 2.06. The molecule has 0 nitrogen and oxygen atoms in total. The number of rotatable bonds is 13. The number of hydrogen-bond acceptors (Lipinski definition) is 0. The lowest BCUT2D eigenvalue weighted by Crippen LogP contribution is -2.00. The van der Waals surface area contributed by atoms with Crippen molar-refractivity contribution in [1.82, 2.24) is 0 Å². The summed E-state index contributed by atoms with van der Waals surface area (Å²) in [6, 6.07) is 0. The van der Waals surface area contributed by atoms with Crippen LogP contribution in [0.1, 0.15) is 105 Å². The van der Waals surface area contributed by atoms with Gasteiger partial charge < -0.3 is 0 Å². The molecule has 116 valence electrons. The molecule has 2 atom stereocenters. The van der Waals surface area contributed by atoms with E-state index in [2.05, 4.69) is 34.6 Å². The second-order valence-corrected chi connectivity index (χ2v) is 7.32. The lowest BCUT2D eigenvalue weighted by Gasteiger charge is -2.15. The highest BCUT2D eigenvalue weighted by Crippen LogP contribution is 2.21. The third-order valence-electron chi connectivity index (χ3n) is 4.42. The Morgan fingerprint density at radius 1 is 0.526 bits per heavy atom. The van der Waals surface area contributed by atoms with Gasteiger partial charge in [0.2, 0.25) is 0 Å². The van der Waals surface area contributed by atoms with Gasteiger partial charge in [0, 0.05) is 0 Å². The average Bonchev–Trinajstić information content (AvgIpc) is 2.34. The van der Waals surface area contributed by atoms with Gasteiger partial charge in [0.05, 0.1) is 0 Å². The maximum atomic E-state index is 2.45. The van der Waals surface area contributed by atoms with Crippen molar-refractivity contribution in [2.75, 3.05) is 0 Å². The summed E-state index contributed by atoms with van der Waals surface area (Å²) in [4.78, 5) is 0. The first-order chi connectivity index (χ1) is 9.06. The van der Waals surface area contributed by atoms with E-state index in [0.29, 0.717) is 0 Å². The molecule has 0 saturated carbocycles. The van der Waals surface area contributed by atoms with Crippen molar-refractivity contribution in [1.29, 1.82) is 0 Å². The van der Waals surface area contributed by atoms with Crippen molar-refractivity contribution in [2.45, 2.75) is 105 Å². The molecule has 0 aromatic rings. The van der Waals surface area contributed by atoms with Gasteiger partial charge in [0.1, 0.15) is 0 Å². The lowest BCUT2D eigenvalue weighted by atomic mass is 9.92. The van der Waals surface area contributed by atoms with Gasteiger partial charge in [-0.15, -0.1) is 0 Å². The van der Waals surface area contributed by atoms with E-state index in [4.69, 9.17) is 0 Å². The molecule has 19 heavy (non-hydrogen) atoms. The zero-order valence-electron chi connectivity index (χ0n) is 14.5. The quantitative estimate of drug-likeness (QED) is 0.309. The van der Waals surface area contributed by atoms with Gasteiger partial charge in [-0.2, -0.15) is 0 Å². The van der Waals surface area contributed by atoms with Crippen molar-refractivity contribution >= 4 is 0 Å². The molecule has 0 bridgehead atoms. The largest absolute Gasteiger partial charge is 0.0654 e. The van der Waals surface area contributed by atoms with E-state index in [-0.39, 0.29) is 0 Å². The molecule has 0 aromatic heterocycles. The first kappa shape index (κ1) is 19.0. The van der Waals surface area contributed by atoms with E-state index in [1.807, 2.05) is 0 Å². The predicted molar refractivity (Wildman–Crippen MR) is 89.6 cm³/mol. The molecule has 0 spiro atoms. The van der Waals surface area contributed by atoms with Crippen LogP contribution in [0.2, 0.25) is 0 Å². The summed E-state index contributed by atoms with van der Waals surface area (Å²) < 4.78 is 0. The van der Waals surface area contributed by atoms with Crippen LogP contribution in [0.15, 0.2) is 0 Å². The zero-order chi connectivity index (χ0) is 14.5. The minimum atomic E-state index is 0.885. The maximum Gasteiger partial charge on any atom is -0.0443 e. The van der Waals surface area contributed by atoms with Gasteiger partial charge in [-0.25, -0.2) is 0 Å². The minimum Gasteiger partial charge on any atom is -0.0654 e. The Bertz CT molecular complexity index is 171. The molecule has 0 heteroatoms. The first-order valence-electron chi connectivity index (χ1n) is 9.06. The summed E-state index contributed by atoms with van der Waals surface area (Å²) in [5.41, 5.74) is 0. The van der Waals surface area contributed by atoms with Crippen LogP contribution in [-0.4, -0.2) is 0 Å². The molecule has 0 aliphatic carbocycles. The highest BCUT2D eigenvalue weighted by atomic mass is 14.1. The fourth-order valence-corrected chi connectivity index (χ4v) is 2.90. The van der Waals surface area contributed by atoms with Gasteiger partial charge >= 0.3 is 0 Å². The molecule has 0 heterocycles. The van der Waals surface area contributed by atoms with E-state index < -0.39 is 0 Å². The van der Waals surface area contributed by atoms with Crippen molar-refractivity contribution in [3.8, 4) is 0 Å². The average molecular weight is 269 g/mol. The summed E-state index contributed by atoms with van der Waals surface area (Å²) in [6.45, 7) is 11.9. The molecule has 0 aliphatic rings. The van der Waals surface area contributed by atoms with Crippen LogP contribution in [0.4, 0.5) is 0 Å². The standard InChI is InChI=1S/C19H40/c1-6-7-8-9-13-18(4)15-11-16-19(5)14-10-12-17(2)3/h17-19H,6-16H2,1-5H3. The Hall–Kier alpha value is 0. The van der Waals surface area contributed by atoms with Crippen molar-refractivity contribution in [3.63, 3.8) is 0 Å². The fourth-order valence-electron chi connectivity index (χ4n) is 2.90. The molecule has 2 unspecified atom stereocenters. The van der Waals surface area contributed by atoms with Crippen LogP contribution in [-0.2, 0) is 0 Å². The fraction of sp³-hybridized carbons (Fsp3) is 1.00. The topological polar surface area (TPSA) is 0 Å². The van der Waals surface area contributed by atoms with Crippen molar-refractivity contribution in [2.24, 2.45) is 17.8 Å². The van der Waals surface area contributed by atoms with E-state index in [0.717, 1.165) is 17.8 Å². The van der Waals surface area contributed by atoms with Crippen LogP contribution in [0.25, 0.3) is 0 Å². The monoisotopic (exact) mass is 268 g/mol. The molecular weight excluding hydrogens is 228 g/mol. The van der Waals surface area contributed by atoms with Crippen LogP contribution in [0.5, 0.6) is 0 Å². The van der Waals surface area contributed by atoms with Crippen LogP contribution >= 0.6 is 0 Å². The van der Waals surface area contributed by atoms with Gasteiger partial charge in [0.25, 0.3) is 0 Å². The molecule has 0 aliphatic heterocycles. The van der Waals surface area contributed by atoms with Crippen LogP contribution in [0, 0.1) is 17.8 Å². The Morgan fingerprint density at radius 3 is 1.47 bits per heavy atom. The Kier molecular flexibility index (Phi) is 13.0. The maximum absolute atomic E-state index is 2.45. The Balaban J connectivity index is 3.35. The third kappa shape index (κ3) is 14.2. The molecule has 0 fully saturated rings. The number of unbranched alkanes of at least 4 members (excludes halogenated alkanes) is 3. The normalized spacial score (nSPS) is 14.8. The van der Waals surface area contributed by atoms with E-state index in [9.17, 15) is 0 Å². The summed E-state index contributed by atoms with van der Waals surface area (Å²) in [7, 11) is 0. The summed E-state index contributed by atoms with van der Waals surface area (Å²) in [5.74, 6) is 2.79. The summed E-state index contributed by atoms with van der Waals surface area (Å²) >= 11 is 0. The van der Waals surface area contributed by atoms with Gasteiger partial charge in [-0.1, -0.05) is 105 Å². The predicted octanol–water partition coefficient (Wildman–Crippen LogP) is 7.23. The van der Waals surface area contributed by atoms with E-state index in [1.165, 1.54) is 70.6 Å². The lowest BCUT2D eigenvalue weighted by molar-refractivity contribution is 0.386. The molecule has 0 rings (SSSR count). The van der Waals surface area contributed by atoms with Gasteiger partial charge in [-0.3, -0.25) is 0 Å². The molecule has 0 amide bonds. The van der Waals surface area contributed by atoms with Crippen molar-refractivity contribution < 1.29 is 0 Å². The van der Waals surface area contributed by atoms with Crippen molar-refractivity contribution in [3.05, 3.63) is 0 Å². The number of hydrogen-bond donors (Lipinski definition) is 0. The SMILES string of the molecule is CCCCCCC(C)CCCC(C)CCCC(C)C. The van der Waals surface area contributed by atoms with E-state index >= 15 is 0 Å². The molecular formula is C19H40. The van der Waals surface area contributed by atoms with Crippen LogP contribution < -0.4 is 0 Å². The molecule has 0 radical (unpaired) electrons. The summed E-state index contributed by atoms with van der Waals surface area (Å²) in [5, 5.41) is 0. The van der Waals surface area contributed by atoms with Gasteiger partial charge in [-0.05, 0) is 17.8 Å². The minimum absolute atomic E-state index is 0.885. The second-order valence-electron chi connectivity index (χ2n) is 7.32. The zero-order valence-corrected chi connectivity index (χ0v) is 14.5. The summed E-state index contributed by atoms with van der Waals surface area (Å²) in [6.07, 6.45) is 15.8. The first-order valence-corrected chi connectivity index (χ1v) is 9.06. The Labute approximate surface area is 123 Å². The van der Waals surface area contributed by atoms with E-state index in [1.54, 1.807) is 0 Å². The highest BCUT2D eigenvalue weighted by molar-refractivity contribution is 4.59. The smallest absolute Gasteiger partial charge is 0.0443 e.